The van der Waals surface area contributed by atoms with E-state index in [4.69, 9.17) is 19.2 Å². The average Bonchev–Trinajstić information content (AvgIpc) is 2.92. The van der Waals surface area contributed by atoms with Gasteiger partial charge in [0.2, 0.25) is 11.7 Å². The summed E-state index contributed by atoms with van der Waals surface area (Å²) in [6, 6.07) is 10.4. The molecule has 0 amide bonds. The van der Waals surface area contributed by atoms with Crippen molar-refractivity contribution in [2.45, 2.75) is 18.8 Å². The van der Waals surface area contributed by atoms with Gasteiger partial charge in [0.15, 0.2) is 17.3 Å². The summed E-state index contributed by atoms with van der Waals surface area (Å²) in [5.41, 5.74) is 3.29. The lowest BCUT2D eigenvalue weighted by molar-refractivity contribution is 0.0962. The molecule has 2 aliphatic rings. The number of halogens is 1. The van der Waals surface area contributed by atoms with Gasteiger partial charge >= 0.3 is 0 Å². The second-order valence-electron chi connectivity index (χ2n) is 8.97. The lowest BCUT2D eigenvalue weighted by atomic mass is 9.82. The monoisotopic (exact) mass is 492 g/mol. The number of ether oxygens (including phenoxy) is 3. The predicted molar refractivity (Wildman–Crippen MR) is 134 cm³/mol. The van der Waals surface area contributed by atoms with Crippen molar-refractivity contribution in [2.75, 3.05) is 57.3 Å². The third-order valence-electron chi connectivity index (χ3n) is 6.94. The first kappa shape index (κ1) is 23.8. The standard InChI is InChI=1S/C27H29FN4O4/c1-34-24-14-18(15-25(35-2)26(24)36-3)17-12-22-21(23(33)13-17)16-29-27(30-22)32-10-8-31(9-11-32)20-6-4-19(28)5-7-20/h4-7,14-17H,8-13H2,1-3H3. The molecule has 2 aromatic carbocycles. The fraction of sp³-hybridized carbons (Fsp3) is 0.370. The van der Waals surface area contributed by atoms with Gasteiger partial charge in [0.1, 0.15) is 5.82 Å². The molecular formula is C27H29FN4O4. The van der Waals surface area contributed by atoms with E-state index in [0.717, 1.165) is 43.1 Å². The highest BCUT2D eigenvalue weighted by molar-refractivity contribution is 5.98. The molecule has 9 heteroatoms. The van der Waals surface area contributed by atoms with E-state index in [0.29, 0.717) is 41.6 Å². The Kier molecular flexibility index (Phi) is 6.63. The van der Waals surface area contributed by atoms with Crippen LogP contribution in [0.5, 0.6) is 17.2 Å². The largest absolute Gasteiger partial charge is 0.493 e. The zero-order chi connectivity index (χ0) is 25.2. The summed E-state index contributed by atoms with van der Waals surface area (Å²) in [7, 11) is 4.73. The Labute approximate surface area is 209 Å². The molecule has 0 spiro atoms. The number of carbonyl (C=O) groups is 1. The Morgan fingerprint density at radius 2 is 1.53 bits per heavy atom. The zero-order valence-electron chi connectivity index (χ0n) is 20.7. The van der Waals surface area contributed by atoms with E-state index >= 15 is 0 Å². The number of ketones is 1. The van der Waals surface area contributed by atoms with Gasteiger partial charge in [0, 0.05) is 44.5 Å². The number of piperazine rings is 1. The van der Waals surface area contributed by atoms with E-state index in [1.807, 2.05) is 12.1 Å². The van der Waals surface area contributed by atoms with Gasteiger partial charge < -0.3 is 24.0 Å². The maximum atomic E-state index is 13.3. The summed E-state index contributed by atoms with van der Waals surface area (Å²) in [5.74, 6) is 2.01. The minimum atomic E-state index is -0.237. The number of fused-ring (bicyclic) bond motifs is 1. The molecule has 2 heterocycles. The molecule has 36 heavy (non-hydrogen) atoms. The van der Waals surface area contributed by atoms with Crippen molar-refractivity contribution in [2.24, 2.45) is 0 Å². The summed E-state index contributed by atoms with van der Waals surface area (Å²) >= 11 is 0. The van der Waals surface area contributed by atoms with Crippen LogP contribution < -0.4 is 24.0 Å². The van der Waals surface area contributed by atoms with Gasteiger partial charge in [-0.3, -0.25) is 4.79 Å². The fourth-order valence-corrected chi connectivity index (χ4v) is 4.98. The number of Topliss-reactive ketones (excluding diaryl/α,β-unsaturated/α-hetero) is 1. The van der Waals surface area contributed by atoms with Crippen LogP contribution in [0.4, 0.5) is 16.0 Å². The predicted octanol–water partition coefficient (Wildman–Crippen LogP) is 3.88. The van der Waals surface area contributed by atoms with E-state index < -0.39 is 0 Å². The summed E-state index contributed by atoms with van der Waals surface area (Å²) in [4.78, 5) is 26.7. The van der Waals surface area contributed by atoms with Crippen LogP contribution in [0.1, 0.15) is 34.0 Å². The van der Waals surface area contributed by atoms with E-state index in [2.05, 4.69) is 14.8 Å². The van der Waals surface area contributed by atoms with E-state index in [1.54, 1.807) is 39.7 Å². The van der Waals surface area contributed by atoms with E-state index in [9.17, 15) is 9.18 Å². The van der Waals surface area contributed by atoms with Crippen LogP contribution in [-0.2, 0) is 6.42 Å². The summed E-state index contributed by atoms with van der Waals surface area (Å²) < 4.78 is 29.7. The smallest absolute Gasteiger partial charge is 0.225 e. The van der Waals surface area contributed by atoms with Crippen molar-refractivity contribution in [1.82, 2.24) is 9.97 Å². The number of benzene rings is 2. The van der Waals surface area contributed by atoms with E-state index in [-0.39, 0.29) is 17.5 Å². The molecule has 1 aliphatic carbocycles. The molecule has 0 N–H and O–H groups in total. The molecule has 8 nitrogen and oxygen atoms in total. The number of methoxy groups -OCH3 is 3. The quantitative estimate of drug-likeness (QED) is 0.513. The Morgan fingerprint density at radius 1 is 0.889 bits per heavy atom. The third-order valence-corrected chi connectivity index (χ3v) is 6.94. The highest BCUT2D eigenvalue weighted by Crippen LogP contribution is 2.42. The maximum Gasteiger partial charge on any atom is 0.225 e. The van der Waals surface area contributed by atoms with Crippen LogP contribution >= 0.6 is 0 Å². The summed E-state index contributed by atoms with van der Waals surface area (Å²) in [6.07, 6.45) is 2.65. The van der Waals surface area contributed by atoms with Gasteiger partial charge in [-0.15, -0.1) is 0 Å². The van der Waals surface area contributed by atoms with Crippen molar-refractivity contribution >= 4 is 17.4 Å². The summed E-state index contributed by atoms with van der Waals surface area (Å²) in [5, 5.41) is 0. The normalized spacial score (nSPS) is 17.6. The van der Waals surface area contributed by atoms with Crippen molar-refractivity contribution in [3.05, 3.63) is 65.2 Å². The Balaban J connectivity index is 1.35. The molecule has 1 aliphatic heterocycles. The average molecular weight is 493 g/mol. The fourth-order valence-electron chi connectivity index (χ4n) is 4.98. The molecule has 0 radical (unpaired) electrons. The van der Waals surface area contributed by atoms with Crippen LogP contribution in [0, 0.1) is 5.82 Å². The second-order valence-corrected chi connectivity index (χ2v) is 8.97. The molecule has 188 valence electrons. The van der Waals surface area contributed by atoms with Crippen LogP contribution in [0.3, 0.4) is 0 Å². The van der Waals surface area contributed by atoms with Crippen molar-refractivity contribution in [3.63, 3.8) is 0 Å². The number of hydrogen-bond acceptors (Lipinski definition) is 8. The van der Waals surface area contributed by atoms with E-state index in [1.165, 1.54) is 12.1 Å². The lowest BCUT2D eigenvalue weighted by Crippen LogP contribution is -2.47. The van der Waals surface area contributed by atoms with Crippen LogP contribution in [0.15, 0.2) is 42.6 Å². The number of carbonyl (C=O) groups excluding carboxylic acids is 1. The molecule has 3 aromatic rings. The van der Waals surface area contributed by atoms with Crippen molar-refractivity contribution < 1.29 is 23.4 Å². The number of hydrogen-bond donors (Lipinski definition) is 0. The molecule has 1 fully saturated rings. The molecule has 1 aromatic heterocycles. The topological polar surface area (TPSA) is 77.0 Å². The highest BCUT2D eigenvalue weighted by atomic mass is 19.1. The first-order valence-electron chi connectivity index (χ1n) is 11.9. The highest BCUT2D eigenvalue weighted by Gasteiger charge is 2.30. The first-order valence-corrected chi connectivity index (χ1v) is 11.9. The minimum absolute atomic E-state index is 0.0303. The maximum absolute atomic E-state index is 13.3. The molecule has 1 saturated heterocycles. The molecular weight excluding hydrogens is 463 g/mol. The number of nitrogens with zero attached hydrogens (tertiary/aromatic N) is 4. The Hall–Kier alpha value is -3.88. The molecule has 1 atom stereocenters. The Morgan fingerprint density at radius 3 is 2.14 bits per heavy atom. The van der Waals surface area contributed by atoms with Gasteiger partial charge in [-0.05, 0) is 54.3 Å². The third kappa shape index (κ3) is 4.53. The van der Waals surface area contributed by atoms with Gasteiger partial charge in [0.05, 0.1) is 32.6 Å². The van der Waals surface area contributed by atoms with Crippen LogP contribution in [0.25, 0.3) is 0 Å². The van der Waals surface area contributed by atoms with Crippen LogP contribution in [-0.4, -0.2) is 63.3 Å². The number of aromatic nitrogens is 2. The number of anilines is 2. The lowest BCUT2D eigenvalue weighted by Gasteiger charge is -2.36. The molecule has 0 saturated carbocycles. The van der Waals surface area contributed by atoms with Crippen molar-refractivity contribution in [3.8, 4) is 17.2 Å². The second kappa shape index (κ2) is 10.0. The molecule has 1 unspecified atom stereocenters. The zero-order valence-corrected chi connectivity index (χ0v) is 20.7. The number of rotatable bonds is 6. The van der Waals surface area contributed by atoms with Crippen LogP contribution in [0.2, 0.25) is 0 Å². The Bertz CT molecular complexity index is 1230. The van der Waals surface area contributed by atoms with Gasteiger partial charge in [-0.1, -0.05) is 0 Å². The first-order chi connectivity index (χ1) is 17.5. The van der Waals surface area contributed by atoms with Gasteiger partial charge in [-0.2, -0.15) is 0 Å². The molecule has 0 bridgehead atoms. The summed E-state index contributed by atoms with van der Waals surface area (Å²) in [6.45, 7) is 3.03. The molecule has 5 rings (SSSR count). The van der Waals surface area contributed by atoms with Gasteiger partial charge in [-0.25, -0.2) is 14.4 Å². The van der Waals surface area contributed by atoms with Gasteiger partial charge in [0.25, 0.3) is 0 Å². The minimum Gasteiger partial charge on any atom is -0.493 e. The SMILES string of the molecule is COc1cc(C2CC(=O)c3cnc(N4CCN(c5ccc(F)cc5)CC4)nc3C2)cc(OC)c1OC. The van der Waals surface area contributed by atoms with Crippen molar-refractivity contribution in [1.29, 1.82) is 0 Å².